The van der Waals surface area contributed by atoms with Crippen LogP contribution < -0.4 is 10.5 Å². The molecule has 4 nitrogen and oxygen atoms in total. The smallest absolute Gasteiger partial charge is 0.137 e. The lowest BCUT2D eigenvalue weighted by Crippen LogP contribution is -2.18. The standard InChI is InChI=1S/C14H24N2O2/c1-3-4-7-17-8-9-18-14-6-5-13(16-11-14)10-12(2)15/h5-6,11-12H,3-4,7-10,15H2,1-2H3. The summed E-state index contributed by atoms with van der Waals surface area (Å²) < 4.78 is 10.9. The van der Waals surface area contributed by atoms with E-state index in [1.165, 1.54) is 0 Å². The van der Waals surface area contributed by atoms with Crippen LogP contribution in [0.1, 0.15) is 32.4 Å². The van der Waals surface area contributed by atoms with Gasteiger partial charge in [0, 0.05) is 24.8 Å². The van der Waals surface area contributed by atoms with Crippen molar-refractivity contribution >= 4 is 0 Å². The zero-order valence-electron chi connectivity index (χ0n) is 11.4. The number of nitrogens with two attached hydrogens (primary N) is 1. The van der Waals surface area contributed by atoms with Crippen molar-refractivity contribution in [2.75, 3.05) is 19.8 Å². The largest absolute Gasteiger partial charge is 0.490 e. The second-order valence-electron chi connectivity index (χ2n) is 4.48. The first kappa shape index (κ1) is 14.9. The Kier molecular flexibility index (Phi) is 7.37. The Morgan fingerprint density at radius 1 is 1.28 bits per heavy atom. The molecule has 0 bridgehead atoms. The minimum Gasteiger partial charge on any atom is -0.490 e. The molecule has 2 N–H and O–H groups in total. The van der Waals surface area contributed by atoms with Crippen LogP contribution in [0.15, 0.2) is 18.3 Å². The maximum Gasteiger partial charge on any atom is 0.137 e. The summed E-state index contributed by atoms with van der Waals surface area (Å²) in [7, 11) is 0. The van der Waals surface area contributed by atoms with Crippen molar-refractivity contribution in [1.82, 2.24) is 4.98 Å². The molecule has 0 aliphatic carbocycles. The third-order valence-corrected chi connectivity index (χ3v) is 2.47. The fourth-order valence-electron chi connectivity index (χ4n) is 1.51. The highest BCUT2D eigenvalue weighted by Gasteiger charge is 2.00. The topological polar surface area (TPSA) is 57.4 Å². The van der Waals surface area contributed by atoms with E-state index in [0.29, 0.717) is 13.2 Å². The lowest BCUT2D eigenvalue weighted by molar-refractivity contribution is 0.0979. The monoisotopic (exact) mass is 252 g/mol. The van der Waals surface area contributed by atoms with Crippen LogP contribution in [-0.4, -0.2) is 30.8 Å². The molecule has 18 heavy (non-hydrogen) atoms. The van der Waals surface area contributed by atoms with Crippen molar-refractivity contribution < 1.29 is 9.47 Å². The highest BCUT2D eigenvalue weighted by Crippen LogP contribution is 2.09. The van der Waals surface area contributed by atoms with Crippen molar-refractivity contribution in [1.29, 1.82) is 0 Å². The van der Waals surface area contributed by atoms with E-state index in [2.05, 4.69) is 11.9 Å². The van der Waals surface area contributed by atoms with Crippen LogP contribution in [0, 0.1) is 0 Å². The van der Waals surface area contributed by atoms with Crippen LogP contribution in [0.2, 0.25) is 0 Å². The lowest BCUT2D eigenvalue weighted by Gasteiger charge is -2.08. The van der Waals surface area contributed by atoms with E-state index < -0.39 is 0 Å². The zero-order chi connectivity index (χ0) is 13.2. The van der Waals surface area contributed by atoms with Gasteiger partial charge in [0.05, 0.1) is 12.8 Å². The third kappa shape index (κ3) is 6.57. The Hall–Kier alpha value is -1.13. The van der Waals surface area contributed by atoms with Crippen molar-refractivity contribution in [2.45, 2.75) is 39.2 Å². The molecule has 0 fully saturated rings. The van der Waals surface area contributed by atoms with Crippen molar-refractivity contribution in [3.8, 4) is 5.75 Å². The number of unbranched alkanes of at least 4 members (excludes halogenated alkanes) is 1. The summed E-state index contributed by atoms with van der Waals surface area (Å²) in [6.45, 7) is 6.13. The van der Waals surface area contributed by atoms with Gasteiger partial charge in [0.1, 0.15) is 12.4 Å². The van der Waals surface area contributed by atoms with Gasteiger partial charge < -0.3 is 15.2 Å². The highest BCUT2D eigenvalue weighted by atomic mass is 16.5. The van der Waals surface area contributed by atoms with Gasteiger partial charge in [-0.25, -0.2) is 0 Å². The van der Waals surface area contributed by atoms with E-state index in [-0.39, 0.29) is 6.04 Å². The Morgan fingerprint density at radius 3 is 2.72 bits per heavy atom. The predicted molar refractivity (Wildman–Crippen MR) is 72.8 cm³/mol. The Balaban J connectivity index is 2.18. The molecule has 1 unspecified atom stereocenters. The summed E-state index contributed by atoms with van der Waals surface area (Å²) in [6.07, 6.45) is 4.80. The Morgan fingerprint density at radius 2 is 2.11 bits per heavy atom. The molecule has 0 aliphatic rings. The minimum absolute atomic E-state index is 0.135. The van der Waals surface area contributed by atoms with Gasteiger partial charge >= 0.3 is 0 Å². The third-order valence-electron chi connectivity index (χ3n) is 2.47. The van der Waals surface area contributed by atoms with E-state index in [0.717, 1.165) is 37.3 Å². The molecule has 0 saturated carbocycles. The molecule has 1 rings (SSSR count). The number of rotatable bonds is 9. The van der Waals surface area contributed by atoms with Crippen LogP contribution in [0.4, 0.5) is 0 Å². The molecular weight excluding hydrogens is 228 g/mol. The van der Waals surface area contributed by atoms with Crippen molar-refractivity contribution in [3.05, 3.63) is 24.0 Å². The molecule has 0 spiro atoms. The number of ether oxygens (including phenoxy) is 2. The summed E-state index contributed by atoms with van der Waals surface area (Å²) in [5.74, 6) is 0.780. The van der Waals surface area contributed by atoms with Gasteiger partial charge in [-0.2, -0.15) is 0 Å². The quantitative estimate of drug-likeness (QED) is 0.684. The first-order chi connectivity index (χ1) is 8.72. The van der Waals surface area contributed by atoms with Gasteiger partial charge in [0.25, 0.3) is 0 Å². The second-order valence-corrected chi connectivity index (χ2v) is 4.48. The SMILES string of the molecule is CCCCOCCOc1ccc(CC(C)N)nc1. The van der Waals surface area contributed by atoms with Crippen LogP contribution in [0.3, 0.4) is 0 Å². The van der Waals surface area contributed by atoms with Crippen LogP contribution >= 0.6 is 0 Å². The van der Waals surface area contributed by atoms with E-state index in [9.17, 15) is 0 Å². The van der Waals surface area contributed by atoms with Crippen LogP contribution in [0.5, 0.6) is 5.75 Å². The summed E-state index contributed by atoms with van der Waals surface area (Å²) in [5.41, 5.74) is 6.71. The molecule has 0 saturated heterocycles. The number of hydrogen-bond acceptors (Lipinski definition) is 4. The molecule has 4 heteroatoms. The fourth-order valence-corrected chi connectivity index (χ4v) is 1.51. The van der Waals surface area contributed by atoms with Crippen molar-refractivity contribution in [3.63, 3.8) is 0 Å². The summed E-state index contributed by atoms with van der Waals surface area (Å²) in [5, 5.41) is 0. The molecule has 0 aromatic carbocycles. The Labute approximate surface area is 110 Å². The average Bonchev–Trinajstić information content (AvgIpc) is 2.35. The van der Waals surface area contributed by atoms with E-state index in [1.807, 2.05) is 19.1 Å². The normalized spacial score (nSPS) is 12.4. The second kappa shape index (κ2) is 8.89. The molecule has 1 atom stereocenters. The highest BCUT2D eigenvalue weighted by molar-refractivity contribution is 5.20. The molecular formula is C14H24N2O2. The maximum atomic E-state index is 5.71. The predicted octanol–water partition coefficient (Wildman–Crippen LogP) is 2.17. The number of aromatic nitrogens is 1. The van der Waals surface area contributed by atoms with Gasteiger partial charge in [-0.05, 0) is 25.5 Å². The molecule has 1 aromatic rings. The number of hydrogen-bond donors (Lipinski definition) is 1. The summed E-state index contributed by atoms with van der Waals surface area (Å²) in [4.78, 5) is 4.30. The minimum atomic E-state index is 0.135. The first-order valence-corrected chi connectivity index (χ1v) is 6.63. The molecule has 0 aliphatic heterocycles. The van der Waals surface area contributed by atoms with Crippen LogP contribution in [-0.2, 0) is 11.2 Å². The average molecular weight is 252 g/mol. The van der Waals surface area contributed by atoms with E-state index in [4.69, 9.17) is 15.2 Å². The zero-order valence-corrected chi connectivity index (χ0v) is 11.4. The maximum absolute atomic E-state index is 5.71. The van der Waals surface area contributed by atoms with Gasteiger partial charge in [0.15, 0.2) is 0 Å². The molecule has 0 amide bonds. The summed E-state index contributed by atoms with van der Waals surface area (Å²) >= 11 is 0. The van der Waals surface area contributed by atoms with Gasteiger partial charge in [-0.15, -0.1) is 0 Å². The van der Waals surface area contributed by atoms with Gasteiger partial charge in [0.2, 0.25) is 0 Å². The number of nitrogens with zero attached hydrogens (tertiary/aromatic N) is 1. The molecule has 1 heterocycles. The van der Waals surface area contributed by atoms with E-state index >= 15 is 0 Å². The van der Waals surface area contributed by atoms with Gasteiger partial charge in [-0.3, -0.25) is 4.98 Å². The first-order valence-electron chi connectivity index (χ1n) is 6.63. The molecule has 1 aromatic heterocycles. The number of pyridine rings is 1. The lowest BCUT2D eigenvalue weighted by atomic mass is 10.2. The Bertz CT molecular complexity index is 312. The van der Waals surface area contributed by atoms with Crippen molar-refractivity contribution in [2.24, 2.45) is 5.73 Å². The molecule has 102 valence electrons. The molecule has 0 radical (unpaired) electrons. The van der Waals surface area contributed by atoms with Crippen LogP contribution in [0.25, 0.3) is 0 Å². The van der Waals surface area contributed by atoms with Gasteiger partial charge in [-0.1, -0.05) is 13.3 Å². The summed E-state index contributed by atoms with van der Waals surface area (Å²) in [6, 6.07) is 4.02. The fraction of sp³-hybridized carbons (Fsp3) is 0.643. The van der Waals surface area contributed by atoms with E-state index in [1.54, 1.807) is 6.20 Å².